The number of benzene rings is 1. The lowest BCUT2D eigenvalue weighted by molar-refractivity contribution is -0.132. The second-order valence-electron chi connectivity index (χ2n) is 5.08. The van der Waals surface area contributed by atoms with Gasteiger partial charge in [-0.15, -0.1) is 0 Å². The number of rotatable bonds is 4. The van der Waals surface area contributed by atoms with Gasteiger partial charge in [0.05, 0.1) is 22.7 Å². The summed E-state index contributed by atoms with van der Waals surface area (Å²) in [5, 5.41) is 12.4. The monoisotopic (exact) mass is 296 g/mol. The van der Waals surface area contributed by atoms with Crippen LogP contribution in [0.2, 0.25) is 5.02 Å². The molecule has 0 aromatic heterocycles. The Morgan fingerprint density at radius 2 is 2.05 bits per heavy atom. The Morgan fingerprint density at radius 3 is 2.65 bits per heavy atom. The fourth-order valence-corrected chi connectivity index (χ4v) is 2.43. The molecule has 0 aliphatic carbocycles. The van der Waals surface area contributed by atoms with Crippen LogP contribution in [0.15, 0.2) is 24.3 Å². The van der Waals surface area contributed by atoms with Crippen LogP contribution >= 0.6 is 11.6 Å². The normalized spacial score (nSPS) is 17.4. The lowest BCUT2D eigenvalue weighted by Crippen LogP contribution is -2.63. The minimum absolute atomic E-state index is 0.0957. The fraction of sp³-hybridized carbons (Fsp3) is 0.429. The molecular formula is C14H17ClN2O3. The van der Waals surface area contributed by atoms with E-state index in [0.29, 0.717) is 24.5 Å². The minimum atomic E-state index is -0.687. The molecule has 1 saturated heterocycles. The summed E-state index contributed by atoms with van der Waals surface area (Å²) in [5.74, 6) is -0.903. The van der Waals surface area contributed by atoms with Crippen molar-refractivity contribution < 1.29 is 14.7 Å². The first-order chi connectivity index (χ1) is 9.43. The van der Waals surface area contributed by atoms with Crippen LogP contribution in [-0.4, -0.2) is 47.1 Å². The molecule has 2 amide bonds. The number of halogens is 1. The van der Waals surface area contributed by atoms with Gasteiger partial charge in [-0.1, -0.05) is 30.7 Å². The Morgan fingerprint density at radius 1 is 1.40 bits per heavy atom. The summed E-state index contributed by atoms with van der Waals surface area (Å²) >= 11 is 5.89. The Balaban J connectivity index is 1.84. The van der Waals surface area contributed by atoms with E-state index in [1.807, 2.05) is 6.92 Å². The van der Waals surface area contributed by atoms with Crippen molar-refractivity contribution in [1.82, 2.24) is 10.2 Å². The third-order valence-corrected chi connectivity index (χ3v) is 3.76. The Bertz CT molecular complexity index is 527. The molecule has 0 atom stereocenters. The Hall–Kier alpha value is -1.43. The average molecular weight is 297 g/mol. The third kappa shape index (κ3) is 3.36. The summed E-state index contributed by atoms with van der Waals surface area (Å²) in [4.78, 5) is 25.4. The molecule has 5 nitrogen and oxygen atoms in total. The molecule has 108 valence electrons. The van der Waals surface area contributed by atoms with Gasteiger partial charge in [0.2, 0.25) is 5.91 Å². The zero-order chi connectivity index (χ0) is 14.8. The highest BCUT2D eigenvalue weighted by molar-refractivity contribution is 6.34. The number of aliphatic hydroxyl groups is 1. The summed E-state index contributed by atoms with van der Waals surface area (Å²) in [6, 6.07) is 6.55. The van der Waals surface area contributed by atoms with E-state index in [9.17, 15) is 14.7 Å². The maximum absolute atomic E-state index is 11.9. The van der Waals surface area contributed by atoms with E-state index in [2.05, 4.69) is 5.32 Å². The number of imide groups is 1. The second kappa shape index (κ2) is 5.91. The lowest BCUT2D eigenvalue weighted by atomic mass is 9.91. The van der Waals surface area contributed by atoms with E-state index in [0.717, 1.165) is 0 Å². The summed E-state index contributed by atoms with van der Waals surface area (Å²) in [6.45, 7) is 2.91. The Kier molecular flexibility index (Phi) is 4.42. The zero-order valence-electron chi connectivity index (χ0n) is 11.2. The highest BCUT2D eigenvalue weighted by Gasteiger charge is 2.40. The number of hydrogen-bond acceptors (Lipinski definition) is 4. The topological polar surface area (TPSA) is 69.6 Å². The molecule has 0 bridgehead atoms. The smallest absolute Gasteiger partial charge is 0.259 e. The van der Waals surface area contributed by atoms with Crippen molar-refractivity contribution in [3.63, 3.8) is 0 Å². The number of carbonyl (C=O) groups excluding carboxylic acids is 2. The van der Waals surface area contributed by atoms with Gasteiger partial charge in [-0.05, 0) is 18.6 Å². The SMILES string of the molecule is CCC1(O)CN(CC(=O)NC(=O)c2ccccc2Cl)C1. The second-order valence-corrected chi connectivity index (χ2v) is 5.49. The van der Waals surface area contributed by atoms with E-state index < -0.39 is 17.4 Å². The molecular weight excluding hydrogens is 280 g/mol. The molecule has 1 aliphatic heterocycles. The van der Waals surface area contributed by atoms with Crippen LogP contribution in [0.5, 0.6) is 0 Å². The lowest BCUT2D eigenvalue weighted by Gasteiger charge is -2.45. The molecule has 1 aliphatic rings. The van der Waals surface area contributed by atoms with Crippen LogP contribution in [0.1, 0.15) is 23.7 Å². The first-order valence-corrected chi connectivity index (χ1v) is 6.85. The standard InChI is InChI=1S/C14H17ClN2O3/c1-2-14(20)8-17(9-14)7-12(18)16-13(19)10-5-3-4-6-11(10)15/h3-6,20H,2,7-9H2,1H3,(H,16,18,19). The van der Waals surface area contributed by atoms with Gasteiger partial charge in [0, 0.05) is 13.1 Å². The first kappa shape index (κ1) is 15.0. The number of amides is 2. The summed E-state index contributed by atoms with van der Waals surface area (Å²) in [7, 11) is 0. The number of β-amino-alcohol motifs (C(OH)–C–C–N with tert-alkyl or cyclic N) is 1. The van der Waals surface area contributed by atoms with Crippen molar-refractivity contribution in [3.05, 3.63) is 34.9 Å². The summed E-state index contributed by atoms with van der Waals surface area (Å²) in [5.41, 5.74) is -0.413. The van der Waals surface area contributed by atoms with E-state index >= 15 is 0 Å². The molecule has 0 spiro atoms. The largest absolute Gasteiger partial charge is 0.387 e. The zero-order valence-corrected chi connectivity index (χ0v) is 12.0. The maximum Gasteiger partial charge on any atom is 0.259 e. The van der Waals surface area contributed by atoms with Crippen LogP contribution in [0.25, 0.3) is 0 Å². The molecule has 6 heteroatoms. The van der Waals surface area contributed by atoms with Crippen LogP contribution in [-0.2, 0) is 4.79 Å². The summed E-state index contributed by atoms with van der Waals surface area (Å²) < 4.78 is 0. The van der Waals surface area contributed by atoms with Crippen molar-refractivity contribution in [2.24, 2.45) is 0 Å². The molecule has 20 heavy (non-hydrogen) atoms. The molecule has 0 radical (unpaired) electrons. The van der Waals surface area contributed by atoms with Gasteiger partial charge in [0.1, 0.15) is 0 Å². The van der Waals surface area contributed by atoms with Crippen LogP contribution < -0.4 is 5.32 Å². The van der Waals surface area contributed by atoms with Gasteiger partial charge in [-0.3, -0.25) is 19.8 Å². The molecule has 1 heterocycles. The average Bonchev–Trinajstić information content (AvgIpc) is 2.37. The molecule has 1 fully saturated rings. The molecule has 1 aromatic rings. The van der Waals surface area contributed by atoms with Crippen LogP contribution in [0, 0.1) is 0 Å². The van der Waals surface area contributed by atoms with Gasteiger partial charge in [-0.2, -0.15) is 0 Å². The highest BCUT2D eigenvalue weighted by atomic mass is 35.5. The predicted molar refractivity (Wildman–Crippen MR) is 75.6 cm³/mol. The number of nitrogens with one attached hydrogen (secondary N) is 1. The molecule has 1 aromatic carbocycles. The van der Waals surface area contributed by atoms with E-state index in [1.165, 1.54) is 0 Å². The van der Waals surface area contributed by atoms with Gasteiger partial charge >= 0.3 is 0 Å². The number of nitrogens with zero attached hydrogens (tertiary/aromatic N) is 1. The van der Waals surface area contributed by atoms with Crippen molar-refractivity contribution in [2.45, 2.75) is 18.9 Å². The van der Waals surface area contributed by atoms with Crippen LogP contribution in [0.4, 0.5) is 0 Å². The maximum atomic E-state index is 11.9. The van der Waals surface area contributed by atoms with Gasteiger partial charge in [0.15, 0.2) is 0 Å². The molecule has 2 rings (SSSR count). The predicted octanol–water partition coefficient (Wildman–Crippen LogP) is 1.05. The minimum Gasteiger partial charge on any atom is -0.387 e. The first-order valence-electron chi connectivity index (χ1n) is 6.47. The van der Waals surface area contributed by atoms with E-state index in [4.69, 9.17) is 11.6 Å². The van der Waals surface area contributed by atoms with Crippen molar-refractivity contribution in [3.8, 4) is 0 Å². The van der Waals surface area contributed by atoms with Gasteiger partial charge in [0.25, 0.3) is 5.91 Å². The van der Waals surface area contributed by atoms with E-state index in [1.54, 1.807) is 29.2 Å². The van der Waals surface area contributed by atoms with E-state index in [-0.39, 0.29) is 12.1 Å². The van der Waals surface area contributed by atoms with Crippen molar-refractivity contribution in [1.29, 1.82) is 0 Å². The fourth-order valence-electron chi connectivity index (χ4n) is 2.20. The molecule has 0 unspecified atom stereocenters. The van der Waals surface area contributed by atoms with Gasteiger partial charge in [-0.25, -0.2) is 0 Å². The highest BCUT2D eigenvalue weighted by Crippen LogP contribution is 2.23. The molecule has 0 saturated carbocycles. The molecule has 2 N–H and O–H groups in total. The third-order valence-electron chi connectivity index (χ3n) is 3.43. The van der Waals surface area contributed by atoms with Crippen molar-refractivity contribution >= 4 is 23.4 Å². The number of carbonyl (C=O) groups is 2. The van der Waals surface area contributed by atoms with Gasteiger partial charge < -0.3 is 5.11 Å². The quantitative estimate of drug-likeness (QED) is 0.871. The Labute approximate surface area is 122 Å². The summed E-state index contributed by atoms with van der Waals surface area (Å²) in [6.07, 6.45) is 0.656. The van der Waals surface area contributed by atoms with Crippen LogP contribution in [0.3, 0.4) is 0 Å². The van der Waals surface area contributed by atoms with Crippen molar-refractivity contribution in [2.75, 3.05) is 19.6 Å². The number of likely N-dealkylation sites (tertiary alicyclic amines) is 1. The number of hydrogen-bond donors (Lipinski definition) is 2.